The van der Waals surface area contributed by atoms with E-state index in [0.717, 1.165) is 6.07 Å². The highest BCUT2D eigenvalue weighted by Gasteiger charge is 2.31. The van der Waals surface area contributed by atoms with E-state index < -0.39 is 14.9 Å². The van der Waals surface area contributed by atoms with E-state index in [2.05, 4.69) is 5.32 Å². The van der Waals surface area contributed by atoms with Gasteiger partial charge in [-0.25, -0.2) is 8.42 Å². The summed E-state index contributed by atoms with van der Waals surface area (Å²) in [5.74, 6) is -0.107. The number of benzene rings is 1. The molecule has 0 unspecified atom stereocenters. The predicted molar refractivity (Wildman–Crippen MR) is 96.7 cm³/mol. The Morgan fingerprint density at radius 1 is 1.31 bits per heavy atom. The highest BCUT2D eigenvalue weighted by molar-refractivity contribution is 7.89. The summed E-state index contributed by atoms with van der Waals surface area (Å²) in [7, 11) is -3.90. The Morgan fingerprint density at radius 2 is 1.92 bits per heavy atom. The van der Waals surface area contributed by atoms with Crippen molar-refractivity contribution in [3.63, 3.8) is 0 Å². The molecule has 1 heterocycles. The summed E-state index contributed by atoms with van der Waals surface area (Å²) in [6, 6.07) is 2.28. The van der Waals surface area contributed by atoms with Crippen molar-refractivity contribution in [2.45, 2.75) is 18.7 Å². The zero-order valence-electron chi connectivity index (χ0n) is 14.6. The lowest BCUT2D eigenvalue weighted by Crippen LogP contribution is -2.51. The van der Waals surface area contributed by atoms with Crippen LogP contribution in [0.25, 0.3) is 0 Å². The van der Waals surface area contributed by atoms with Gasteiger partial charge in [-0.3, -0.25) is 19.8 Å². The van der Waals surface area contributed by atoms with Crippen molar-refractivity contribution in [3.05, 3.63) is 32.8 Å². The number of halogens is 1. The molecule has 1 amide bonds. The molecule has 0 bridgehead atoms. The standard InChI is InChI=1S/C15H21ClN4O5S/c1-3-17-15(21)10-18-4-6-19(7-5-18)26(24,25)12-8-13(16)11(2)14(9-12)20(22)23/h8-9H,3-7,10H2,1-2H3,(H,17,21). The summed E-state index contributed by atoms with van der Waals surface area (Å²) in [6.45, 7) is 5.24. The summed E-state index contributed by atoms with van der Waals surface area (Å²) in [4.78, 5) is 23.8. The van der Waals surface area contributed by atoms with Crippen LogP contribution in [0.15, 0.2) is 17.0 Å². The molecule has 0 spiro atoms. The first-order valence-electron chi connectivity index (χ1n) is 8.10. The number of hydrogen-bond donors (Lipinski definition) is 1. The number of sulfonamides is 1. The maximum absolute atomic E-state index is 12.8. The monoisotopic (exact) mass is 404 g/mol. The molecule has 1 aliphatic rings. The Kier molecular flexibility index (Phi) is 6.56. The zero-order chi connectivity index (χ0) is 19.5. The van der Waals surface area contributed by atoms with Crippen LogP contribution in [0.2, 0.25) is 5.02 Å². The summed E-state index contributed by atoms with van der Waals surface area (Å²) in [5.41, 5.74) is -0.103. The van der Waals surface area contributed by atoms with Crippen LogP contribution in [0.3, 0.4) is 0 Å². The molecule has 1 saturated heterocycles. The van der Waals surface area contributed by atoms with E-state index in [1.807, 2.05) is 11.8 Å². The van der Waals surface area contributed by atoms with E-state index in [1.54, 1.807) is 0 Å². The zero-order valence-corrected chi connectivity index (χ0v) is 16.1. The summed E-state index contributed by atoms with van der Waals surface area (Å²) in [6.07, 6.45) is 0. The van der Waals surface area contributed by atoms with Gasteiger partial charge in [0.15, 0.2) is 0 Å². The number of carbonyl (C=O) groups excluding carboxylic acids is 1. The summed E-state index contributed by atoms with van der Waals surface area (Å²) >= 11 is 5.98. The van der Waals surface area contributed by atoms with E-state index in [9.17, 15) is 23.3 Å². The average molecular weight is 405 g/mol. The fourth-order valence-corrected chi connectivity index (χ4v) is 4.46. The molecular formula is C15H21ClN4O5S. The van der Waals surface area contributed by atoms with E-state index >= 15 is 0 Å². The summed E-state index contributed by atoms with van der Waals surface area (Å²) in [5, 5.41) is 13.9. The highest BCUT2D eigenvalue weighted by Crippen LogP contribution is 2.31. The molecule has 0 atom stereocenters. The number of nitrogens with one attached hydrogen (secondary N) is 1. The molecule has 1 aromatic rings. The van der Waals surface area contributed by atoms with Crippen LogP contribution in [0, 0.1) is 17.0 Å². The van der Waals surface area contributed by atoms with Crippen molar-refractivity contribution in [3.8, 4) is 0 Å². The Morgan fingerprint density at radius 3 is 2.46 bits per heavy atom. The fourth-order valence-electron chi connectivity index (χ4n) is 2.71. The van der Waals surface area contributed by atoms with E-state index in [0.29, 0.717) is 19.6 Å². The van der Waals surface area contributed by atoms with Gasteiger partial charge in [-0.1, -0.05) is 11.6 Å². The Labute approximate surface area is 157 Å². The molecular weight excluding hydrogens is 384 g/mol. The van der Waals surface area contributed by atoms with E-state index in [4.69, 9.17) is 11.6 Å². The SMILES string of the molecule is CCNC(=O)CN1CCN(S(=O)(=O)c2cc(Cl)c(C)c([N+](=O)[O-])c2)CC1. The average Bonchev–Trinajstić information content (AvgIpc) is 2.57. The molecule has 0 aromatic heterocycles. The number of nitrogens with zero attached hydrogens (tertiary/aromatic N) is 3. The van der Waals surface area contributed by atoms with Crippen molar-refractivity contribution in [2.24, 2.45) is 0 Å². The molecule has 1 fully saturated rings. The molecule has 0 aliphatic carbocycles. The van der Waals surface area contributed by atoms with Gasteiger partial charge in [0.05, 0.1) is 21.4 Å². The number of carbonyl (C=O) groups is 1. The van der Waals surface area contributed by atoms with Gasteiger partial charge in [-0.2, -0.15) is 4.31 Å². The fraction of sp³-hybridized carbons (Fsp3) is 0.533. The van der Waals surface area contributed by atoms with Crippen molar-refractivity contribution >= 4 is 33.2 Å². The van der Waals surface area contributed by atoms with Gasteiger partial charge in [0.1, 0.15) is 0 Å². The van der Waals surface area contributed by atoms with Gasteiger partial charge in [-0.05, 0) is 19.9 Å². The van der Waals surface area contributed by atoms with Crippen LogP contribution in [0.1, 0.15) is 12.5 Å². The van der Waals surface area contributed by atoms with Gasteiger partial charge in [0, 0.05) is 44.4 Å². The number of piperazine rings is 1. The van der Waals surface area contributed by atoms with Gasteiger partial charge in [0.2, 0.25) is 15.9 Å². The molecule has 1 aliphatic heterocycles. The minimum Gasteiger partial charge on any atom is -0.355 e. The number of nitro groups is 1. The van der Waals surface area contributed by atoms with Crippen molar-refractivity contribution in [2.75, 3.05) is 39.3 Å². The second-order valence-corrected chi connectivity index (χ2v) is 8.29. The Balaban J connectivity index is 2.15. The minimum absolute atomic E-state index is 0.0349. The predicted octanol–water partition coefficient (Wildman–Crippen LogP) is 0.999. The summed E-state index contributed by atoms with van der Waals surface area (Å²) < 4.78 is 26.9. The van der Waals surface area contributed by atoms with Crippen molar-refractivity contribution in [1.82, 2.24) is 14.5 Å². The first-order chi connectivity index (χ1) is 12.2. The number of amides is 1. The first kappa shape index (κ1) is 20.6. The molecule has 26 heavy (non-hydrogen) atoms. The van der Waals surface area contributed by atoms with Crippen LogP contribution < -0.4 is 5.32 Å². The number of rotatable bonds is 6. The molecule has 1 aromatic carbocycles. The Hall–Kier alpha value is -1.75. The van der Waals surface area contributed by atoms with Crippen molar-refractivity contribution in [1.29, 1.82) is 0 Å². The molecule has 144 valence electrons. The molecule has 1 N–H and O–H groups in total. The van der Waals surface area contributed by atoms with E-state index in [-0.39, 0.29) is 46.7 Å². The topological polar surface area (TPSA) is 113 Å². The minimum atomic E-state index is -3.90. The molecule has 0 radical (unpaired) electrons. The third-order valence-corrected chi connectivity index (χ3v) is 6.47. The third-order valence-electron chi connectivity index (χ3n) is 4.20. The quantitative estimate of drug-likeness (QED) is 0.559. The van der Waals surface area contributed by atoms with E-state index in [1.165, 1.54) is 17.3 Å². The molecule has 11 heteroatoms. The van der Waals surface area contributed by atoms with Crippen LogP contribution in [0.5, 0.6) is 0 Å². The lowest BCUT2D eigenvalue weighted by molar-refractivity contribution is -0.385. The lowest BCUT2D eigenvalue weighted by atomic mass is 10.2. The second-order valence-electron chi connectivity index (χ2n) is 5.94. The number of likely N-dealkylation sites (N-methyl/N-ethyl adjacent to an activating group) is 1. The number of nitro benzene ring substituents is 1. The van der Waals surface area contributed by atoms with Crippen LogP contribution in [0.4, 0.5) is 5.69 Å². The maximum Gasteiger partial charge on any atom is 0.275 e. The Bertz CT molecular complexity index is 806. The van der Waals surface area contributed by atoms with Gasteiger partial charge in [0.25, 0.3) is 5.69 Å². The molecule has 9 nitrogen and oxygen atoms in total. The van der Waals surface area contributed by atoms with Crippen molar-refractivity contribution < 1.29 is 18.1 Å². The third kappa shape index (κ3) is 4.50. The highest BCUT2D eigenvalue weighted by atomic mass is 35.5. The van der Waals surface area contributed by atoms with Gasteiger partial charge < -0.3 is 5.32 Å². The maximum atomic E-state index is 12.8. The number of hydrogen-bond acceptors (Lipinski definition) is 6. The lowest BCUT2D eigenvalue weighted by Gasteiger charge is -2.33. The molecule has 2 rings (SSSR count). The smallest absolute Gasteiger partial charge is 0.275 e. The normalized spacial score (nSPS) is 16.4. The van der Waals surface area contributed by atoms with Crippen LogP contribution in [-0.4, -0.2) is 67.7 Å². The first-order valence-corrected chi connectivity index (χ1v) is 9.92. The second kappa shape index (κ2) is 8.30. The van der Waals surface area contributed by atoms with Crippen LogP contribution >= 0.6 is 11.6 Å². The van der Waals surface area contributed by atoms with Gasteiger partial charge >= 0.3 is 0 Å². The molecule has 0 saturated carbocycles. The van der Waals surface area contributed by atoms with Gasteiger partial charge in [-0.15, -0.1) is 0 Å². The largest absolute Gasteiger partial charge is 0.355 e. The van der Waals surface area contributed by atoms with Crippen LogP contribution in [-0.2, 0) is 14.8 Å².